The van der Waals surface area contributed by atoms with Crippen molar-refractivity contribution >= 4 is 23.1 Å². The number of aryl methyl sites for hydroxylation is 1. The number of methoxy groups -OCH3 is 1. The van der Waals surface area contributed by atoms with Crippen molar-refractivity contribution in [3.8, 4) is 5.75 Å². The summed E-state index contributed by atoms with van der Waals surface area (Å²) in [4.78, 5) is 25.3. The van der Waals surface area contributed by atoms with E-state index in [1.54, 1.807) is 13.2 Å². The van der Waals surface area contributed by atoms with E-state index < -0.39 is 0 Å². The highest BCUT2D eigenvalue weighted by Gasteiger charge is 2.11. The number of rotatable bonds is 11. The second kappa shape index (κ2) is 12.8. The van der Waals surface area contributed by atoms with Crippen LogP contribution >= 0.6 is 0 Å². The number of hydrogen-bond donors (Lipinski definition) is 3. The summed E-state index contributed by atoms with van der Waals surface area (Å²) < 4.78 is 5.16. The van der Waals surface area contributed by atoms with Gasteiger partial charge in [-0.25, -0.2) is 0 Å². The summed E-state index contributed by atoms with van der Waals surface area (Å²) >= 11 is 0. The smallest absolute Gasteiger partial charge is 0.251 e. The minimum Gasteiger partial charge on any atom is -0.497 e. The largest absolute Gasteiger partial charge is 0.497 e. The minimum atomic E-state index is -0.146. The van der Waals surface area contributed by atoms with Gasteiger partial charge in [-0.1, -0.05) is 54.1 Å². The van der Waals surface area contributed by atoms with Gasteiger partial charge in [0.25, 0.3) is 11.8 Å². The van der Waals surface area contributed by atoms with Crippen LogP contribution in [0.2, 0.25) is 0 Å². The van der Waals surface area contributed by atoms with Crippen LogP contribution in [0, 0.1) is 6.92 Å². The highest BCUT2D eigenvalue weighted by Crippen LogP contribution is 2.16. The molecule has 2 amide bonds. The van der Waals surface area contributed by atoms with Gasteiger partial charge >= 0.3 is 0 Å². The molecule has 3 aromatic rings. The Morgan fingerprint density at radius 3 is 2.26 bits per heavy atom. The van der Waals surface area contributed by atoms with Crippen molar-refractivity contribution in [1.29, 1.82) is 0 Å². The van der Waals surface area contributed by atoms with E-state index in [2.05, 4.69) is 16.0 Å². The average Bonchev–Trinajstić information content (AvgIpc) is 2.87. The molecule has 0 aromatic heterocycles. The maximum Gasteiger partial charge on any atom is 0.251 e. The van der Waals surface area contributed by atoms with Crippen molar-refractivity contribution in [2.75, 3.05) is 32.1 Å². The lowest BCUT2D eigenvalue weighted by atomic mass is 10.0. The normalized spacial score (nSPS) is 10.9. The molecule has 3 aromatic carbocycles. The zero-order chi connectivity index (χ0) is 24.2. The van der Waals surface area contributed by atoms with E-state index in [0.29, 0.717) is 37.2 Å². The number of benzene rings is 3. The van der Waals surface area contributed by atoms with Crippen LogP contribution in [0.15, 0.2) is 84.9 Å². The average molecular weight is 458 g/mol. The lowest BCUT2D eigenvalue weighted by molar-refractivity contribution is -0.115. The Bertz CT molecular complexity index is 1110. The van der Waals surface area contributed by atoms with Crippen molar-refractivity contribution in [1.82, 2.24) is 10.6 Å². The highest BCUT2D eigenvalue weighted by atomic mass is 16.5. The predicted molar refractivity (Wildman–Crippen MR) is 137 cm³/mol. The Morgan fingerprint density at radius 2 is 1.56 bits per heavy atom. The first kappa shape index (κ1) is 24.6. The maximum absolute atomic E-state index is 12.9. The summed E-state index contributed by atoms with van der Waals surface area (Å²) in [7, 11) is 1.63. The third-order valence-corrected chi connectivity index (χ3v) is 5.22. The van der Waals surface area contributed by atoms with E-state index in [9.17, 15) is 9.59 Å². The first-order chi connectivity index (χ1) is 16.6. The molecular formula is C28H31N3O3. The molecule has 0 aliphatic rings. The summed E-state index contributed by atoms with van der Waals surface area (Å²) in [5, 5.41) is 9.17. The van der Waals surface area contributed by atoms with Gasteiger partial charge in [0, 0.05) is 36.5 Å². The van der Waals surface area contributed by atoms with Crippen molar-refractivity contribution in [2.45, 2.75) is 13.3 Å². The summed E-state index contributed by atoms with van der Waals surface area (Å²) in [5.74, 6) is 0.534. The molecule has 6 heteroatoms. The Labute approximate surface area is 201 Å². The molecule has 0 saturated carbocycles. The van der Waals surface area contributed by atoms with E-state index in [1.807, 2.05) is 85.8 Å². The van der Waals surface area contributed by atoms with Crippen LogP contribution in [0.5, 0.6) is 5.75 Å². The van der Waals surface area contributed by atoms with E-state index >= 15 is 0 Å². The molecule has 0 spiro atoms. The van der Waals surface area contributed by atoms with Crippen molar-refractivity contribution in [3.63, 3.8) is 0 Å². The van der Waals surface area contributed by atoms with Crippen molar-refractivity contribution in [2.24, 2.45) is 0 Å². The van der Waals surface area contributed by atoms with E-state index in [1.165, 1.54) is 0 Å². The van der Waals surface area contributed by atoms with Crippen LogP contribution in [0.1, 0.15) is 27.9 Å². The lowest BCUT2D eigenvalue weighted by Gasteiger charge is -2.11. The van der Waals surface area contributed by atoms with Gasteiger partial charge in [0.2, 0.25) is 0 Å². The van der Waals surface area contributed by atoms with E-state index in [-0.39, 0.29) is 11.8 Å². The fourth-order valence-corrected chi connectivity index (χ4v) is 3.44. The summed E-state index contributed by atoms with van der Waals surface area (Å²) in [6.45, 7) is 3.46. The molecule has 0 saturated heterocycles. The Kier molecular flexibility index (Phi) is 9.29. The first-order valence-electron chi connectivity index (χ1n) is 11.3. The summed E-state index contributed by atoms with van der Waals surface area (Å²) in [5.41, 5.74) is 4.06. The molecule has 176 valence electrons. The van der Waals surface area contributed by atoms with Gasteiger partial charge in [0.1, 0.15) is 5.75 Å². The number of amides is 2. The zero-order valence-corrected chi connectivity index (χ0v) is 19.6. The third kappa shape index (κ3) is 7.52. The fourth-order valence-electron chi connectivity index (χ4n) is 3.44. The third-order valence-electron chi connectivity index (χ3n) is 5.22. The van der Waals surface area contributed by atoms with Gasteiger partial charge in [0.05, 0.1) is 7.11 Å². The van der Waals surface area contributed by atoms with Crippen LogP contribution in [-0.4, -0.2) is 38.6 Å². The van der Waals surface area contributed by atoms with Gasteiger partial charge in [-0.15, -0.1) is 0 Å². The number of anilines is 1. The molecule has 0 aliphatic carbocycles. The molecule has 34 heavy (non-hydrogen) atoms. The van der Waals surface area contributed by atoms with Gasteiger partial charge < -0.3 is 20.7 Å². The van der Waals surface area contributed by atoms with Gasteiger partial charge in [-0.3, -0.25) is 9.59 Å². The Morgan fingerprint density at radius 1 is 0.824 bits per heavy atom. The maximum atomic E-state index is 12.9. The molecule has 6 nitrogen and oxygen atoms in total. The van der Waals surface area contributed by atoms with Crippen LogP contribution < -0.4 is 20.7 Å². The second-order valence-electron chi connectivity index (χ2n) is 7.81. The summed E-state index contributed by atoms with van der Waals surface area (Å²) in [6.07, 6.45) is 2.41. The highest BCUT2D eigenvalue weighted by molar-refractivity contribution is 6.19. The molecule has 0 unspecified atom stereocenters. The molecule has 0 fully saturated rings. The van der Waals surface area contributed by atoms with Crippen molar-refractivity contribution < 1.29 is 14.3 Å². The zero-order valence-electron chi connectivity index (χ0n) is 19.6. The number of carbonyl (C=O) groups is 2. The number of carbonyl (C=O) groups excluding carboxylic acids is 2. The number of ether oxygens (including phenoxy) is 1. The van der Waals surface area contributed by atoms with Gasteiger partial charge in [-0.2, -0.15) is 0 Å². The molecule has 3 N–H and O–H groups in total. The first-order valence-corrected chi connectivity index (χ1v) is 11.3. The predicted octanol–water partition coefficient (Wildman–Crippen LogP) is 4.44. The van der Waals surface area contributed by atoms with E-state index in [0.717, 1.165) is 22.6 Å². The SMILES string of the molecule is COc1ccc(NCCNC(=O)C(=CCCNC(=O)c2cccc(C)c2)c2ccccc2)cc1. The quantitative estimate of drug-likeness (QED) is 0.294. The molecular weight excluding hydrogens is 426 g/mol. The standard InChI is InChI=1S/C28H31N3O3/c1-21-8-6-11-23(20-21)27(32)30-17-7-12-26(22-9-4-3-5-10-22)28(33)31-19-18-29-24-13-15-25(34-2)16-14-24/h3-6,8-16,20,29H,7,17-19H2,1-2H3,(H,30,32)(H,31,33). The Hall–Kier alpha value is -4.06. The van der Waals surface area contributed by atoms with Crippen molar-refractivity contribution in [3.05, 3.63) is 102 Å². The molecule has 3 rings (SSSR count). The van der Waals surface area contributed by atoms with Crippen LogP contribution in [0.4, 0.5) is 5.69 Å². The molecule has 0 aliphatic heterocycles. The monoisotopic (exact) mass is 457 g/mol. The fraction of sp³-hybridized carbons (Fsp3) is 0.214. The molecule has 0 heterocycles. The molecule has 0 bridgehead atoms. The minimum absolute atomic E-state index is 0.118. The topological polar surface area (TPSA) is 79.5 Å². The van der Waals surface area contributed by atoms with E-state index in [4.69, 9.17) is 4.74 Å². The van der Waals surface area contributed by atoms with Gasteiger partial charge in [0.15, 0.2) is 0 Å². The Balaban J connectivity index is 1.53. The lowest BCUT2D eigenvalue weighted by Crippen LogP contribution is -2.29. The number of hydrogen-bond acceptors (Lipinski definition) is 4. The summed E-state index contributed by atoms with van der Waals surface area (Å²) in [6, 6.07) is 24.6. The second-order valence-corrected chi connectivity index (χ2v) is 7.81. The van der Waals surface area contributed by atoms with Crippen LogP contribution in [-0.2, 0) is 4.79 Å². The van der Waals surface area contributed by atoms with Crippen LogP contribution in [0.25, 0.3) is 5.57 Å². The van der Waals surface area contributed by atoms with Gasteiger partial charge in [-0.05, 0) is 55.3 Å². The molecule has 0 radical (unpaired) electrons. The number of nitrogens with one attached hydrogen (secondary N) is 3. The van der Waals surface area contributed by atoms with Crippen LogP contribution in [0.3, 0.4) is 0 Å². The molecule has 0 atom stereocenters.